The third kappa shape index (κ3) is 5.21. The van der Waals surface area contributed by atoms with Crippen LogP contribution in [0.15, 0.2) is 54.9 Å². The summed E-state index contributed by atoms with van der Waals surface area (Å²) in [5, 5.41) is 39.4. The van der Waals surface area contributed by atoms with Crippen LogP contribution < -0.4 is 10.2 Å². The fourth-order valence-corrected chi connectivity index (χ4v) is 4.88. The van der Waals surface area contributed by atoms with E-state index in [1.54, 1.807) is 48.0 Å². The summed E-state index contributed by atoms with van der Waals surface area (Å²) in [5.41, 5.74) is 1.72. The normalized spacial score (nSPS) is 12.7. The van der Waals surface area contributed by atoms with Gasteiger partial charge in [-0.3, -0.25) is 4.79 Å². The monoisotopic (exact) mass is 557 g/mol. The van der Waals surface area contributed by atoms with Crippen molar-refractivity contribution in [1.29, 1.82) is 10.5 Å². The molecule has 0 fully saturated rings. The van der Waals surface area contributed by atoms with Gasteiger partial charge in [0.25, 0.3) is 5.91 Å². The van der Waals surface area contributed by atoms with E-state index in [2.05, 4.69) is 21.6 Å². The summed E-state index contributed by atoms with van der Waals surface area (Å²) in [6.45, 7) is -0.684. The predicted molar refractivity (Wildman–Crippen MR) is 143 cm³/mol. The summed E-state index contributed by atoms with van der Waals surface area (Å²) < 4.78 is 43.5. The third-order valence-electron chi connectivity index (χ3n) is 6.80. The number of benzene rings is 3. The van der Waals surface area contributed by atoms with Crippen LogP contribution in [-0.4, -0.2) is 32.3 Å². The number of aliphatic hydroxyl groups is 1. The van der Waals surface area contributed by atoms with E-state index in [1.807, 2.05) is 6.07 Å². The zero-order chi connectivity index (χ0) is 29.3. The molecular formula is C29H22F3N7O2. The number of carbonyl (C=O) groups excluding carboxylic acids is 1. The number of aliphatic hydroxyl groups excluding tert-OH is 1. The first-order valence-corrected chi connectivity index (χ1v) is 12.4. The van der Waals surface area contributed by atoms with Gasteiger partial charge in [-0.25, -0.2) is 0 Å². The molecule has 0 aliphatic carbocycles. The molecule has 0 unspecified atom stereocenters. The van der Waals surface area contributed by atoms with Gasteiger partial charge in [-0.05, 0) is 70.8 Å². The fourth-order valence-electron chi connectivity index (χ4n) is 4.88. The molecule has 0 spiro atoms. The van der Waals surface area contributed by atoms with Crippen molar-refractivity contribution >= 4 is 17.3 Å². The molecule has 1 amide bonds. The summed E-state index contributed by atoms with van der Waals surface area (Å²) in [6, 6.07) is 16.4. The van der Waals surface area contributed by atoms with Gasteiger partial charge in [-0.1, -0.05) is 0 Å². The van der Waals surface area contributed by atoms with Crippen molar-refractivity contribution in [2.45, 2.75) is 25.7 Å². The molecule has 2 heterocycles. The van der Waals surface area contributed by atoms with Gasteiger partial charge in [-0.2, -0.15) is 23.7 Å². The molecule has 0 atom stereocenters. The second kappa shape index (κ2) is 10.8. The SMILES string of the molecule is Cn1cnnc1-c1ccc(C#N)cc1-c1cc(NCCC#N)cc(N2Cc3c(cc(CO)cc3C(F)(F)F)C2=O)c1. The number of amides is 1. The number of fused-ring (bicyclic) bond motifs is 1. The number of hydrogen-bond donors (Lipinski definition) is 2. The topological polar surface area (TPSA) is 131 Å². The van der Waals surface area contributed by atoms with Gasteiger partial charge in [0.05, 0.1) is 42.8 Å². The summed E-state index contributed by atoms with van der Waals surface area (Å²) in [6.07, 6.45) is -3.00. The molecule has 0 saturated carbocycles. The Morgan fingerprint density at radius 1 is 1.07 bits per heavy atom. The molecule has 0 bridgehead atoms. The van der Waals surface area contributed by atoms with Crippen molar-refractivity contribution in [2.24, 2.45) is 7.05 Å². The fraction of sp³-hybridized carbons (Fsp3) is 0.207. The maximum Gasteiger partial charge on any atom is 0.416 e. The summed E-state index contributed by atoms with van der Waals surface area (Å²) in [5.74, 6) is -0.120. The van der Waals surface area contributed by atoms with Crippen molar-refractivity contribution in [1.82, 2.24) is 14.8 Å². The lowest BCUT2D eigenvalue weighted by Crippen LogP contribution is -2.23. The van der Waals surface area contributed by atoms with Gasteiger partial charge in [0.2, 0.25) is 0 Å². The second-order valence-corrected chi connectivity index (χ2v) is 9.46. The first kappa shape index (κ1) is 27.4. The van der Waals surface area contributed by atoms with E-state index >= 15 is 0 Å². The van der Waals surface area contributed by atoms with Crippen LogP contribution in [0.1, 0.15) is 39.0 Å². The molecule has 4 aromatic rings. The number of rotatable bonds is 7. The molecule has 1 aromatic heterocycles. The molecule has 2 N–H and O–H groups in total. The largest absolute Gasteiger partial charge is 0.416 e. The number of anilines is 2. The molecule has 0 saturated heterocycles. The van der Waals surface area contributed by atoms with Crippen LogP contribution in [0.5, 0.6) is 0 Å². The Labute approximate surface area is 232 Å². The van der Waals surface area contributed by atoms with Gasteiger partial charge >= 0.3 is 6.18 Å². The zero-order valence-corrected chi connectivity index (χ0v) is 21.7. The molecule has 9 nitrogen and oxygen atoms in total. The van der Waals surface area contributed by atoms with Crippen molar-refractivity contribution in [3.8, 4) is 34.7 Å². The molecule has 206 valence electrons. The minimum atomic E-state index is -4.72. The zero-order valence-electron chi connectivity index (χ0n) is 21.7. The maximum absolute atomic E-state index is 13.9. The Kier molecular flexibility index (Phi) is 7.18. The maximum atomic E-state index is 13.9. The molecule has 0 radical (unpaired) electrons. The van der Waals surface area contributed by atoms with Crippen molar-refractivity contribution < 1.29 is 23.1 Å². The highest BCUT2D eigenvalue weighted by atomic mass is 19.4. The smallest absolute Gasteiger partial charge is 0.392 e. The number of aryl methyl sites for hydroxylation is 1. The Morgan fingerprint density at radius 3 is 2.54 bits per heavy atom. The number of carbonyl (C=O) groups is 1. The van der Waals surface area contributed by atoms with Crippen LogP contribution in [0.3, 0.4) is 0 Å². The van der Waals surface area contributed by atoms with Gasteiger partial charge in [0, 0.05) is 36.1 Å². The molecular weight excluding hydrogens is 535 g/mol. The van der Waals surface area contributed by atoms with E-state index in [4.69, 9.17) is 5.26 Å². The van der Waals surface area contributed by atoms with Crippen molar-refractivity contribution in [2.75, 3.05) is 16.8 Å². The van der Waals surface area contributed by atoms with E-state index in [0.717, 1.165) is 6.07 Å². The number of nitrogens with zero attached hydrogens (tertiary/aromatic N) is 6. The molecule has 5 rings (SSSR count). The predicted octanol–water partition coefficient (Wildman–Crippen LogP) is 5.02. The summed E-state index contributed by atoms with van der Waals surface area (Å²) in [7, 11) is 1.77. The van der Waals surface area contributed by atoms with Crippen LogP contribution in [0.2, 0.25) is 0 Å². The van der Waals surface area contributed by atoms with E-state index in [-0.39, 0.29) is 29.7 Å². The van der Waals surface area contributed by atoms with E-state index in [1.165, 1.54) is 17.3 Å². The highest BCUT2D eigenvalue weighted by molar-refractivity contribution is 6.11. The van der Waals surface area contributed by atoms with Gasteiger partial charge in [-0.15, -0.1) is 10.2 Å². The van der Waals surface area contributed by atoms with Crippen LogP contribution in [0.25, 0.3) is 22.5 Å². The lowest BCUT2D eigenvalue weighted by molar-refractivity contribution is -0.138. The van der Waals surface area contributed by atoms with Crippen LogP contribution >= 0.6 is 0 Å². The van der Waals surface area contributed by atoms with Crippen LogP contribution in [0, 0.1) is 22.7 Å². The summed E-state index contributed by atoms with van der Waals surface area (Å²) >= 11 is 0. The number of nitriles is 2. The Bertz CT molecular complexity index is 1750. The Balaban J connectivity index is 1.67. The number of alkyl halides is 3. The first-order chi connectivity index (χ1) is 19.6. The number of aromatic nitrogens is 3. The van der Waals surface area contributed by atoms with E-state index < -0.39 is 24.3 Å². The average molecular weight is 558 g/mol. The first-order valence-electron chi connectivity index (χ1n) is 12.4. The van der Waals surface area contributed by atoms with E-state index in [9.17, 15) is 28.3 Å². The van der Waals surface area contributed by atoms with Crippen molar-refractivity contribution in [3.63, 3.8) is 0 Å². The number of halogens is 3. The van der Waals surface area contributed by atoms with Crippen LogP contribution in [-0.2, 0) is 26.4 Å². The average Bonchev–Trinajstić information content (AvgIpc) is 3.54. The molecule has 1 aliphatic heterocycles. The number of hydrogen-bond acceptors (Lipinski definition) is 7. The van der Waals surface area contributed by atoms with Crippen LogP contribution in [0.4, 0.5) is 24.5 Å². The van der Waals surface area contributed by atoms with Gasteiger partial charge in [0.1, 0.15) is 6.33 Å². The second-order valence-electron chi connectivity index (χ2n) is 9.46. The quantitative estimate of drug-likeness (QED) is 0.305. The number of nitrogens with one attached hydrogen (secondary N) is 1. The molecule has 12 heteroatoms. The van der Waals surface area contributed by atoms with Gasteiger partial charge in [0.15, 0.2) is 5.82 Å². The Hall–Kier alpha value is -5.20. The third-order valence-corrected chi connectivity index (χ3v) is 6.80. The highest BCUT2D eigenvalue weighted by Gasteiger charge is 2.40. The molecule has 3 aromatic carbocycles. The van der Waals surface area contributed by atoms with Crippen molar-refractivity contribution in [3.05, 3.63) is 82.7 Å². The molecule has 41 heavy (non-hydrogen) atoms. The van der Waals surface area contributed by atoms with Gasteiger partial charge < -0.3 is 19.9 Å². The standard InChI is InChI=1S/C29H22F3N7O2/c1-38-16-36-37-27(38)22-4-3-17(13-34)7-23(22)19-10-20(35-6-2-5-33)12-21(11-19)39-14-25-24(28(39)41)8-18(15-40)9-26(25)29(30,31)32/h3-4,7-12,16,35,40H,2,6,14-15H2,1H3. The minimum absolute atomic E-state index is 0.0134. The molecule has 1 aliphatic rings. The lowest BCUT2D eigenvalue weighted by atomic mass is 9.95. The summed E-state index contributed by atoms with van der Waals surface area (Å²) in [4.78, 5) is 14.8. The highest BCUT2D eigenvalue weighted by Crippen LogP contribution is 2.42. The Morgan fingerprint density at radius 2 is 1.88 bits per heavy atom. The lowest BCUT2D eigenvalue weighted by Gasteiger charge is -2.20. The van der Waals surface area contributed by atoms with E-state index in [0.29, 0.717) is 46.0 Å². The minimum Gasteiger partial charge on any atom is -0.392 e.